The van der Waals surface area contributed by atoms with Crippen molar-refractivity contribution in [3.8, 4) is 11.5 Å². The first-order valence-corrected chi connectivity index (χ1v) is 7.50. The van der Waals surface area contributed by atoms with Crippen molar-refractivity contribution in [3.05, 3.63) is 29.3 Å². The van der Waals surface area contributed by atoms with Gasteiger partial charge in [0.15, 0.2) is 5.75 Å². The van der Waals surface area contributed by atoms with Crippen LogP contribution in [0.2, 0.25) is 0 Å². The monoisotopic (exact) mass is 304 g/mol. The van der Waals surface area contributed by atoms with Crippen LogP contribution in [0.25, 0.3) is 6.08 Å². The molecule has 6 nitrogen and oxygen atoms in total. The number of phenolic OH excluding ortho intramolecular Hbond substituents is 1. The number of hydrogen-bond acceptors (Lipinski definition) is 5. The maximum atomic E-state index is 11.3. The minimum absolute atomic E-state index is 0.0635. The Kier molecular flexibility index (Phi) is 4.31. The number of hydroxylamine groups is 1. The summed E-state index contributed by atoms with van der Waals surface area (Å²) in [6, 6.07) is 3.69. The van der Waals surface area contributed by atoms with Crippen LogP contribution in [0, 0.1) is 5.92 Å². The van der Waals surface area contributed by atoms with Crippen LogP contribution in [-0.2, 0) is 11.3 Å². The maximum Gasteiger partial charge on any atom is 0.276 e. The van der Waals surface area contributed by atoms with Crippen molar-refractivity contribution >= 4 is 12.0 Å². The predicted molar refractivity (Wildman–Crippen MR) is 81.0 cm³/mol. The Balaban J connectivity index is 1.74. The highest BCUT2D eigenvalue weighted by Crippen LogP contribution is 2.36. The van der Waals surface area contributed by atoms with Crippen LogP contribution >= 0.6 is 0 Å². The second-order valence-electron chi connectivity index (χ2n) is 5.80. The molecule has 0 saturated carbocycles. The van der Waals surface area contributed by atoms with E-state index in [1.807, 2.05) is 12.1 Å². The van der Waals surface area contributed by atoms with Crippen LogP contribution in [0.4, 0.5) is 0 Å². The number of nitrogens with zero attached hydrogens (tertiary/aromatic N) is 1. The second-order valence-corrected chi connectivity index (χ2v) is 5.80. The summed E-state index contributed by atoms with van der Waals surface area (Å²) in [5.41, 5.74) is 3.69. The van der Waals surface area contributed by atoms with Crippen LogP contribution in [-0.4, -0.2) is 40.7 Å². The molecule has 1 aromatic rings. The van der Waals surface area contributed by atoms with Gasteiger partial charge >= 0.3 is 0 Å². The lowest BCUT2D eigenvalue weighted by atomic mass is 9.97. The lowest BCUT2D eigenvalue weighted by Crippen LogP contribution is -2.34. The zero-order chi connectivity index (χ0) is 15.5. The molecule has 0 spiro atoms. The summed E-state index contributed by atoms with van der Waals surface area (Å²) in [6.45, 7) is 2.68. The van der Waals surface area contributed by atoms with Crippen molar-refractivity contribution in [2.75, 3.05) is 19.7 Å². The topological polar surface area (TPSA) is 82.0 Å². The number of piperidine rings is 1. The lowest BCUT2D eigenvalue weighted by molar-refractivity contribution is -0.122. The number of fused-ring (bicyclic) bond motifs is 1. The first-order valence-electron chi connectivity index (χ1n) is 7.50. The van der Waals surface area contributed by atoms with Gasteiger partial charge in [0.05, 0.1) is 0 Å². The van der Waals surface area contributed by atoms with Crippen molar-refractivity contribution in [2.45, 2.75) is 19.4 Å². The molecule has 3 rings (SSSR count). The summed E-state index contributed by atoms with van der Waals surface area (Å²) >= 11 is 0. The van der Waals surface area contributed by atoms with Gasteiger partial charge in [0, 0.05) is 30.4 Å². The summed E-state index contributed by atoms with van der Waals surface area (Å²) in [4.78, 5) is 18.7. The van der Waals surface area contributed by atoms with E-state index in [2.05, 4.69) is 10.4 Å². The summed E-state index contributed by atoms with van der Waals surface area (Å²) in [5, 5.41) is 19.6. The molecule has 0 atom stereocenters. The summed E-state index contributed by atoms with van der Waals surface area (Å²) < 4.78 is 0. The number of carbonyl (C=O) groups excluding carboxylic acids is 1. The smallest absolute Gasteiger partial charge is 0.276 e. The third kappa shape index (κ3) is 3.08. The number of carbonyl (C=O) groups is 1. The highest BCUT2D eigenvalue weighted by molar-refractivity contribution is 5.92. The Morgan fingerprint density at radius 3 is 2.77 bits per heavy atom. The molecule has 1 aromatic carbocycles. The molecule has 6 heteroatoms. The fraction of sp³-hybridized carbons (Fsp3) is 0.438. The van der Waals surface area contributed by atoms with Gasteiger partial charge in [0.1, 0.15) is 0 Å². The number of rotatable bonds is 3. The third-order valence-corrected chi connectivity index (χ3v) is 4.27. The van der Waals surface area contributed by atoms with Crippen LogP contribution < -0.4 is 10.3 Å². The molecule has 0 aliphatic carbocycles. The van der Waals surface area contributed by atoms with Gasteiger partial charge < -0.3 is 15.1 Å². The molecule has 2 aliphatic heterocycles. The normalized spacial score (nSPS) is 19.2. The molecular weight excluding hydrogens is 284 g/mol. The van der Waals surface area contributed by atoms with Gasteiger partial charge in [-0.05, 0) is 37.9 Å². The molecule has 3 N–H and O–H groups in total. The van der Waals surface area contributed by atoms with Crippen molar-refractivity contribution in [2.24, 2.45) is 5.92 Å². The van der Waals surface area contributed by atoms with E-state index >= 15 is 0 Å². The molecule has 0 radical (unpaired) electrons. The predicted octanol–water partition coefficient (Wildman–Crippen LogP) is 1.03. The lowest BCUT2D eigenvalue weighted by Gasteiger charge is -2.31. The Hall–Kier alpha value is -2.05. The Bertz CT molecular complexity index is 592. The van der Waals surface area contributed by atoms with Crippen molar-refractivity contribution in [3.63, 3.8) is 0 Å². The average molecular weight is 304 g/mol. The highest BCUT2D eigenvalue weighted by atomic mass is 16.7. The average Bonchev–Trinajstić information content (AvgIpc) is 2.73. The van der Waals surface area contributed by atoms with E-state index in [0.717, 1.165) is 31.5 Å². The number of phenols is 1. The van der Waals surface area contributed by atoms with E-state index in [9.17, 15) is 15.0 Å². The Morgan fingerprint density at radius 2 is 2.05 bits per heavy atom. The molecule has 1 saturated heterocycles. The van der Waals surface area contributed by atoms with Crippen LogP contribution in [0.5, 0.6) is 11.5 Å². The summed E-state index contributed by atoms with van der Waals surface area (Å²) in [5.74, 6) is 0.377. The summed E-state index contributed by atoms with van der Waals surface area (Å²) in [6.07, 6.45) is 4.92. The molecule has 22 heavy (non-hydrogen) atoms. The first kappa shape index (κ1) is 14.9. The van der Waals surface area contributed by atoms with Gasteiger partial charge in [-0.15, -0.1) is 0 Å². The zero-order valence-corrected chi connectivity index (χ0v) is 12.3. The van der Waals surface area contributed by atoms with E-state index in [0.29, 0.717) is 18.0 Å². The van der Waals surface area contributed by atoms with Gasteiger partial charge in [-0.3, -0.25) is 9.69 Å². The van der Waals surface area contributed by atoms with Crippen molar-refractivity contribution in [1.29, 1.82) is 0 Å². The second kappa shape index (κ2) is 6.37. The van der Waals surface area contributed by atoms with E-state index < -0.39 is 0 Å². The largest absolute Gasteiger partial charge is 0.504 e. The zero-order valence-electron chi connectivity index (χ0n) is 12.3. The van der Waals surface area contributed by atoms with Crippen molar-refractivity contribution in [1.82, 2.24) is 10.4 Å². The number of aromatic hydroxyl groups is 1. The van der Waals surface area contributed by atoms with E-state index in [1.54, 1.807) is 6.08 Å². The number of aliphatic hydroxyl groups is 1. The minimum Gasteiger partial charge on any atom is -0.504 e. The van der Waals surface area contributed by atoms with Gasteiger partial charge in [-0.1, -0.05) is 12.1 Å². The molecule has 118 valence electrons. The molecule has 2 heterocycles. The molecule has 1 fully saturated rings. The van der Waals surface area contributed by atoms with Gasteiger partial charge in [-0.2, -0.15) is 5.48 Å². The first-order chi connectivity index (χ1) is 10.7. The van der Waals surface area contributed by atoms with Crippen LogP contribution in [0.3, 0.4) is 0 Å². The SMILES string of the molecule is O=C1C=Cc2ccc(CN3CCC(CO)CC3)c(O)c2ON1. The van der Waals surface area contributed by atoms with Crippen LogP contribution in [0.15, 0.2) is 18.2 Å². The van der Waals surface area contributed by atoms with Gasteiger partial charge in [0.2, 0.25) is 5.75 Å². The van der Waals surface area contributed by atoms with E-state index in [4.69, 9.17) is 4.84 Å². The number of hydrogen-bond donors (Lipinski definition) is 3. The van der Waals surface area contributed by atoms with Crippen LogP contribution in [0.1, 0.15) is 24.0 Å². The third-order valence-electron chi connectivity index (χ3n) is 4.27. The fourth-order valence-electron chi connectivity index (χ4n) is 2.86. The molecule has 0 unspecified atom stereocenters. The Morgan fingerprint density at radius 1 is 1.27 bits per heavy atom. The van der Waals surface area contributed by atoms with E-state index in [-0.39, 0.29) is 24.0 Å². The molecule has 0 aromatic heterocycles. The molecule has 2 aliphatic rings. The molecule has 1 amide bonds. The molecule has 0 bridgehead atoms. The fourth-order valence-corrected chi connectivity index (χ4v) is 2.86. The quantitative estimate of drug-likeness (QED) is 0.777. The number of nitrogens with one attached hydrogen (secondary N) is 1. The highest BCUT2D eigenvalue weighted by Gasteiger charge is 2.22. The Labute approximate surface area is 129 Å². The minimum atomic E-state index is -0.358. The van der Waals surface area contributed by atoms with Gasteiger partial charge in [0.25, 0.3) is 5.91 Å². The van der Waals surface area contributed by atoms with Crippen molar-refractivity contribution < 1.29 is 19.8 Å². The number of likely N-dealkylation sites (tertiary alicyclic amines) is 1. The number of amides is 1. The maximum absolute atomic E-state index is 11.3. The van der Waals surface area contributed by atoms with E-state index in [1.165, 1.54) is 6.08 Å². The number of benzene rings is 1. The van der Waals surface area contributed by atoms with Gasteiger partial charge in [-0.25, -0.2) is 0 Å². The number of aliphatic hydroxyl groups excluding tert-OH is 1. The summed E-state index contributed by atoms with van der Waals surface area (Å²) in [7, 11) is 0. The standard InChI is InChI=1S/C16H20N2O4/c19-10-11-5-7-18(8-6-11)9-13-2-1-12-3-4-14(20)17-22-16(12)15(13)21/h1-4,11,19,21H,5-10H2,(H,17,20). The molecular formula is C16H20N2O4.